The van der Waals surface area contributed by atoms with Crippen LogP contribution in [0.5, 0.6) is 0 Å². The molecule has 8 heteroatoms. The van der Waals surface area contributed by atoms with Crippen LogP contribution in [0.4, 0.5) is 5.00 Å². The molecule has 1 aliphatic rings. The molecule has 0 saturated carbocycles. The first-order chi connectivity index (χ1) is 12.9. The zero-order valence-electron chi connectivity index (χ0n) is 16.5. The number of ether oxygens (including phenoxy) is 2. The Hall–Kier alpha value is -1.93. The summed E-state index contributed by atoms with van der Waals surface area (Å²) >= 11 is 1.06. The Kier molecular flexibility index (Phi) is 7.79. The third-order valence-electron chi connectivity index (χ3n) is 4.81. The second kappa shape index (κ2) is 9.85. The summed E-state index contributed by atoms with van der Waals surface area (Å²) in [4.78, 5) is 38.7. The summed E-state index contributed by atoms with van der Waals surface area (Å²) in [6, 6.07) is 0.439. The molecule has 1 fully saturated rings. The number of quaternary nitrogens is 1. The van der Waals surface area contributed by atoms with E-state index in [0.29, 0.717) is 28.0 Å². The molecule has 1 amide bonds. The molecule has 1 aromatic rings. The summed E-state index contributed by atoms with van der Waals surface area (Å²) in [6.07, 6.45) is 3.43. The van der Waals surface area contributed by atoms with E-state index < -0.39 is 11.9 Å². The van der Waals surface area contributed by atoms with E-state index in [1.54, 1.807) is 20.8 Å². The largest absolute Gasteiger partial charge is 0.462 e. The number of nitrogens with one attached hydrogen (secondary N) is 2. The van der Waals surface area contributed by atoms with Gasteiger partial charge >= 0.3 is 11.9 Å². The van der Waals surface area contributed by atoms with Crippen LogP contribution in [-0.4, -0.2) is 50.2 Å². The normalized spacial score (nSPS) is 19.4. The monoisotopic (exact) mass is 397 g/mol. The van der Waals surface area contributed by atoms with Crippen molar-refractivity contribution in [3.8, 4) is 0 Å². The molecule has 0 aliphatic carbocycles. The number of carbonyl (C=O) groups is 3. The van der Waals surface area contributed by atoms with E-state index in [-0.39, 0.29) is 24.7 Å². The molecule has 0 aromatic carbocycles. The molecular formula is C19H29N2O5S+. The molecule has 0 spiro atoms. The fourth-order valence-electron chi connectivity index (χ4n) is 3.33. The highest BCUT2D eigenvalue weighted by atomic mass is 32.1. The van der Waals surface area contributed by atoms with E-state index in [1.807, 2.05) is 0 Å². The molecule has 27 heavy (non-hydrogen) atoms. The highest BCUT2D eigenvalue weighted by molar-refractivity contribution is 7.18. The fraction of sp³-hybridized carbons (Fsp3) is 0.632. The SMILES string of the molecule is CCOC(=O)c1sc(NC(=O)C[NH+]2CCCC[C@H]2C)c(C(=O)OCC)c1C. The summed E-state index contributed by atoms with van der Waals surface area (Å²) in [5.74, 6) is -1.21. The molecule has 1 aliphatic heterocycles. The van der Waals surface area contributed by atoms with Gasteiger partial charge in [0.05, 0.1) is 31.4 Å². The molecule has 1 aromatic heterocycles. The molecular weight excluding hydrogens is 368 g/mol. The van der Waals surface area contributed by atoms with E-state index in [0.717, 1.165) is 30.7 Å². The Morgan fingerprint density at radius 3 is 2.44 bits per heavy atom. The predicted molar refractivity (Wildman–Crippen MR) is 104 cm³/mol. The second-order valence-electron chi connectivity index (χ2n) is 6.73. The van der Waals surface area contributed by atoms with Crippen molar-refractivity contribution in [2.24, 2.45) is 0 Å². The van der Waals surface area contributed by atoms with Gasteiger partial charge in [-0.2, -0.15) is 0 Å². The zero-order valence-corrected chi connectivity index (χ0v) is 17.3. The fourth-order valence-corrected chi connectivity index (χ4v) is 4.44. The number of carbonyl (C=O) groups excluding carboxylic acids is 3. The van der Waals surface area contributed by atoms with Crippen molar-refractivity contribution in [1.29, 1.82) is 0 Å². The molecule has 1 saturated heterocycles. The topological polar surface area (TPSA) is 86.1 Å². The van der Waals surface area contributed by atoms with Crippen molar-refractivity contribution in [3.05, 3.63) is 16.0 Å². The van der Waals surface area contributed by atoms with Crippen molar-refractivity contribution >= 4 is 34.2 Å². The van der Waals surface area contributed by atoms with Crippen molar-refractivity contribution in [2.75, 3.05) is 31.6 Å². The first kappa shape index (κ1) is 21.4. The molecule has 2 heterocycles. The number of hydrogen-bond acceptors (Lipinski definition) is 6. The lowest BCUT2D eigenvalue weighted by Crippen LogP contribution is -3.17. The molecule has 2 atom stereocenters. The van der Waals surface area contributed by atoms with Crippen LogP contribution in [0.3, 0.4) is 0 Å². The summed E-state index contributed by atoms with van der Waals surface area (Å²) in [7, 11) is 0. The van der Waals surface area contributed by atoms with Gasteiger partial charge in [-0.1, -0.05) is 0 Å². The van der Waals surface area contributed by atoms with Crippen LogP contribution in [0.2, 0.25) is 0 Å². The molecule has 2 rings (SSSR count). The van der Waals surface area contributed by atoms with Crippen LogP contribution >= 0.6 is 11.3 Å². The lowest BCUT2D eigenvalue weighted by Gasteiger charge is -2.29. The number of piperidine rings is 1. The lowest BCUT2D eigenvalue weighted by molar-refractivity contribution is -0.920. The highest BCUT2D eigenvalue weighted by Crippen LogP contribution is 2.34. The molecule has 7 nitrogen and oxygen atoms in total. The standard InChI is InChI=1S/C19H28N2O5S/c1-5-25-18(23)15-13(4)16(19(24)26-6-2)27-17(15)20-14(22)11-21-10-8-7-9-12(21)3/h12H,5-11H2,1-4H3,(H,20,22)/p+1/t12-/m1/s1. The maximum Gasteiger partial charge on any atom is 0.348 e. The summed E-state index contributed by atoms with van der Waals surface area (Å²) < 4.78 is 10.2. The highest BCUT2D eigenvalue weighted by Gasteiger charge is 2.29. The van der Waals surface area contributed by atoms with Crippen LogP contribution < -0.4 is 10.2 Å². The van der Waals surface area contributed by atoms with E-state index in [9.17, 15) is 14.4 Å². The number of likely N-dealkylation sites (tertiary alicyclic amines) is 1. The summed E-state index contributed by atoms with van der Waals surface area (Å²) in [5, 5.41) is 3.18. The molecule has 150 valence electrons. The van der Waals surface area contributed by atoms with Crippen LogP contribution in [-0.2, 0) is 14.3 Å². The van der Waals surface area contributed by atoms with Gasteiger partial charge in [0.1, 0.15) is 9.88 Å². The quantitative estimate of drug-likeness (QED) is 0.686. The predicted octanol–water partition coefficient (Wildman–Crippen LogP) is 1.81. The first-order valence-electron chi connectivity index (χ1n) is 9.51. The van der Waals surface area contributed by atoms with E-state index in [1.165, 1.54) is 11.3 Å². The number of thiophene rings is 1. The Labute approximate surface area is 164 Å². The lowest BCUT2D eigenvalue weighted by atomic mass is 10.0. The second-order valence-corrected chi connectivity index (χ2v) is 7.75. The van der Waals surface area contributed by atoms with Crippen LogP contribution in [0.15, 0.2) is 0 Å². The van der Waals surface area contributed by atoms with Gasteiger partial charge in [-0.25, -0.2) is 9.59 Å². The van der Waals surface area contributed by atoms with Crippen molar-refractivity contribution in [2.45, 2.75) is 53.0 Å². The number of anilines is 1. The third-order valence-corrected chi connectivity index (χ3v) is 6.00. The Morgan fingerprint density at radius 2 is 1.81 bits per heavy atom. The molecule has 1 unspecified atom stereocenters. The number of esters is 2. The van der Waals surface area contributed by atoms with Crippen LogP contribution in [0.1, 0.15) is 65.6 Å². The van der Waals surface area contributed by atoms with Gasteiger partial charge in [-0.15, -0.1) is 11.3 Å². The Bertz CT molecular complexity index is 701. The van der Waals surface area contributed by atoms with Crippen LogP contribution in [0.25, 0.3) is 0 Å². The smallest absolute Gasteiger partial charge is 0.348 e. The summed E-state index contributed by atoms with van der Waals surface area (Å²) in [5.41, 5.74) is 0.714. The number of rotatable bonds is 7. The van der Waals surface area contributed by atoms with Gasteiger partial charge in [0, 0.05) is 0 Å². The van der Waals surface area contributed by atoms with Crippen molar-refractivity contribution < 1.29 is 28.8 Å². The molecule has 2 N–H and O–H groups in total. The van der Waals surface area contributed by atoms with Crippen molar-refractivity contribution in [1.82, 2.24) is 0 Å². The van der Waals surface area contributed by atoms with Gasteiger partial charge in [0.25, 0.3) is 5.91 Å². The van der Waals surface area contributed by atoms with Gasteiger partial charge in [-0.05, 0) is 52.5 Å². The zero-order chi connectivity index (χ0) is 20.0. The average molecular weight is 398 g/mol. The maximum atomic E-state index is 12.6. The van der Waals surface area contributed by atoms with Gasteiger partial charge in [0.2, 0.25) is 0 Å². The minimum Gasteiger partial charge on any atom is -0.462 e. The summed E-state index contributed by atoms with van der Waals surface area (Å²) in [6.45, 7) is 9.02. The first-order valence-corrected chi connectivity index (χ1v) is 10.3. The van der Waals surface area contributed by atoms with Crippen LogP contribution in [0, 0.1) is 6.92 Å². The van der Waals surface area contributed by atoms with E-state index >= 15 is 0 Å². The number of amides is 1. The third kappa shape index (κ3) is 5.29. The maximum absolute atomic E-state index is 12.6. The van der Waals surface area contributed by atoms with E-state index in [4.69, 9.17) is 9.47 Å². The van der Waals surface area contributed by atoms with Crippen molar-refractivity contribution in [3.63, 3.8) is 0 Å². The average Bonchev–Trinajstić information content (AvgIpc) is 2.93. The Morgan fingerprint density at radius 1 is 1.15 bits per heavy atom. The minimum atomic E-state index is -0.546. The molecule has 0 radical (unpaired) electrons. The van der Waals surface area contributed by atoms with Gasteiger partial charge < -0.3 is 19.7 Å². The van der Waals surface area contributed by atoms with E-state index in [2.05, 4.69) is 12.2 Å². The molecule has 0 bridgehead atoms. The van der Waals surface area contributed by atoms with Gasteiger partial charge in [-0.3, -0.25) is 4.79 Å². The van der Waals surface area contributed by atoms with Gasteiger partial charge in [0.15, 0.2) is 6.54 Å². The number of hydrogen-bond donors (Lipinski definition) is 2. The Balaban J connectivity index is 2.22. The minimum absolute atomic E-state index is 0.166.